The molecule has 0 aliphatic rings. The van der Waals surface area contributed by atoms with E-state index in [-0.39, 0.29) is 18.7 Å². The minimum atomic E-state index is -0.953. The first-order valence-electron chi connectivity index (χ1n) is 8.32. The minimum Gasteiger partial charge on any atom is -0.494 e. The highest BCUT2D eigenvalue weighted by Crippen LogP contribution is 2.13. The summed E-state index contributed by atoms with van der Waals surface area (Å²) in [6, 6.07) is 7.87. The third-order valence-electron chi connectivity index (χ3n) is 3.49. The lowest BCUT2D eigenvalue weighted by Gasteiger charge is -2.08. The van der Waals surface area contributed by atoms with Gasteiger partial charge in [0, 0.05) is 13.0 Å². The fraction of sp³-hybridized carbons (Fsp3) is 0.556. The summed E-state index contributed by atoms with van der Waals surface area (Å²) in [7, 11) is 0. The molecule has 0 aromatic heterocycles. The Kier molecular flexibility index (Phi) is 9.52. The molecule has 2 N–H and O–H groups in total. The lowest BCUT2D eigenvalue weighted by Crippen LogP contribution is -2.25. The second-order valence-electron chi connectivity index (χ2n) is 5.55. The van der Waals surface area contributed by atoms with E-state index in [9.17, 15) is 9.59 Å². The Bertz CT molecular complexity index is 470. The van der Waals surface area contributed by atoms with Crippen molar-refractivity contribution in [1.29, 1.82) is 0 Å². The molecule has 5 heteroatoms. The van der Waals surface area contributed by atoms with Gasteiger partial charge < -0.3 is 15.2 Å². The summed E-state index contributed by atoms with van der Waals surface area (Å²) in [5.74, 6) is -0.305. The third-order valence-corrected chi connectivity index (χ3v) is 3.49. The molecule has 1 aromatic carbocycles. The van der Waals surface area contributed by atoms with Gasteiger partial charge in [-0.15, -0.1) is 0 Å². The smallest absolute Gasteiger partial charge is 0.303 e. The van der Waals surface area contributed by atoms with Crippen LogP contribution in [-0.2, 0) is 16.0 Å². The molecule has 0 atom stereocenters. The highest BCUT2D eigenvalue weighted by molar-refractivity contribution is 5.80. The van der Waals surface area contributed by atoms with E-state index in [4.69, 9.17) is 9.84 Å². The number of unbranched alkanes of at least 4 members (excludes halogenated alkanes) is 3. The number of carbonyl (C=O) groups is 2. The molecule has 1 aromatic rings. The fourth-order valence-corrected chi connectivity index (χ4v) is 2.13. The van der Waals surface area contributed by atoms with Crippen LogP contribution in [0.4, 0.5) is 0 Å². The standard InChI is InChI=1S/C18H27NO4/c1-2-3-4-5-14-23-16-8-6-15(7-9-16)12-13-19-17(20)10-11-18(21)22/h6-9H,2-5,10-14H2,1H3,(H,19,20)(H,21,22). The van der Waals surface area contributed by atoms with Gasteiger partial charge >= 0.3 is 5.97 Å². The monoisotopic (exact) mass is 321 g/mol. The average molecular weight is 321 g/mol. The zero-order chi connectivity index (χ0) is 16.9. The number of rotatable bonds is 12. The van der Waals surface area contributed by atoms with Gasteiger partial charge in [-0.3, -0.25) is 9.59 Å². The van der Waals surface area contributed by atoms with Gasteiger partial charge in [-0.2, -0.15) is 0 Å². The first-order valence-corrected chi connectivity index (χ1v) is 8.32. The summed E-state index contributed by atoms with van der Waals surface area (Å²) in [5, 5.41) is 11.2. The molecule has 0 saturated carbocycles. The fourth-order valence-electron chi connectivity index (χ4n) is 2.13. The van der Waals surface area contributed by atoms with Gasteiger partial charge in [0.15, 0.2) is 0 Å². The lowest BCUT2D eigenvalue weighted by atomic mass is 10.1. The van der Waals surface area contributed by atoms with Gasteiger partial charge in [-0.25, -0.2) is 0 Å². The van der Waals surface area contributed by atoms with Crippen LogP contribution in [0.15, 0.2) is 24.3 Å². The SMILES string of the molecule is CCCCCCOc1ccc(CCNC(=O)CCC(=O)O)cc1. The summed E-state index contributed by atoms with van der Waals surface area (Å²) >= 11 is 0. The molecule has 0 spiro atoms. The van der Waals surface area contributed by atoms with Crippen LogP contribution in [0.5, 0.6) is 5.75 Å². The minimum absolute atomic E-state index is 0.0279. The molecular weight excluding hydrogens is 294 g/mol. The van der Waals surface area contributed by atoms with Crippen LogP contribution >= 0.6 is 0 Å². The molecule has 5 nitrogen and oxygen atoms in total. The number of carboxylic acid groups (broad SMARTS) is 1. The second kappa shape index (κ2) is 11.5. The predicted octanol–water partition coefficient (Wildman–Crippen LogP) is 3.17. The molecule has 0 saturated heterocycles. The van der Waals surface area contributed by atoms with E-state index < -0.39 is 5.97 Å². The van der Waals surface area contributed by atoms with Crippen molar-refractivity contribution in [2.75, 3.05) is 13.2 Å². The molecule has 1 rings (SSSR count). The topological polar surface area (TPSA) is 75.6 Å². The van der Waals surface area contributed by atoms with E-state index in [0.29, 0.717) is 6.54 Å². The second-order valence-corrected chi connectivity index (χ2v) is 5.55. The molecule has 23 heavy (non-hydrogen) atoms. The molecule has 0 aliphatic carbocycles. The van der Waals surface area contributed by atoms with Gasteiger partial charge in [0.05, 0.1) is 13.0 Å². The van der Waals surface area contributed by atoms with Crippen LogP contribution in [0.25, 0.3) is 0 Å². The van der Waals surface area contributed by atoms with E-state index in [0.717, 1.165) is 30.8 Å². The van der Waals surface area contributed by atoms with E-state index in [1.165, 1.54) is 19.3 Å². The predicted molar refractivity (Wildman–Crippen MR) is 89.7 cm³/mol. The van der Waals surface area contributed by atoms with Crippen LogP contribution in [0.1, 0.15) is 51.0 Å². The summed E-state index contributed by atoms with van der Waals surface area (Å²) in [6.45, 7) is 3.45. The van der Waals surface area contributed by atoms with Gasteiger partial charge in [0.25, 0.3) is 0 Å². The first-order chi connectivity index (χ1) is 11.1. The highest BCUT2D eigenvalue weighted by Gasteiger charge is 2.04. The molecule has 0 bridgehead atoms. The number of nitrogens with one attached hydrogen (secondary N) is 1. The van der Waals surface area contributed by atoms with Crippen molar-refractivity contribution in [1.82, 2.24) is 5.32 Å². The third kappa shape index (κ3) is 9.55. The van der Waals surface area contributed by atoms with Crippen molar-refractivity contribution in [2.24, 2.45) is 0 Å². The van der Waals surface area contributed by atoms with Crippen molar-refractivity contribution in [3.63, 3.8) is 0 Å². The highest BCUT2D eigenvalue weighted by atomic mass is 16.5. The number of benzene rings is 1. The zero-order valence-electron chi connectivity index (χ0n) is 13.8. The Hall–Kier alpha value is -2.04. The van der Waals surface area contributed by atoms with Crippen LogP contribution in [0, 0.1) is 0 Å². The Balaban J connectivity index is 2.18. The normalized spacial score (nSPS) is 10.3. The molecule has 128 valence electrons. The number of aliphatic carboxylic acids is 1. The van der Waals surface area contributed by atoms with Gasteiger partial charge in [0.2, 0.25) is 5.91 Å². The average Bonchev–Trinajstić information content (AvgIpc) is 2.54. The van der Waals surface area contributed by atoms with E-state index >= 15 is 0 Å². The Morgan fingerprint density at radius 1 is 1.09 bits per heavy atom. The summed E-state index contributed by atoms with van der Waals surface area (Å²) < 4.78 is 5.68. The van der Waals surface area contributed by atoms with E-state index in [1.54, 1.807) is 0 Å². The Morgan fingerprint density at radius 2 is 1.83 bits per heavy atom. The molecule has 0 radical (unpaired) electrons. The Morgan fingerprint density at radius 3 is 2.48 bits per heavy atom. The molecular formula is C18H27NO4. The lowest BCUT2D eigenvalue weighted by molar-refractivity contribution is -0.138. The summed E-state index contributed by atoms with van der Waals surface area (Å²) in [4.78, 5) is 21.8. The van der Waals surface area contributed by atoms with Gasteiger partial charge in [0.1, 0.15) is 5.75 Å². The van der Waals surface area contributed by atoms with Crippen molar-refractivity contribution >= 4 is 11.9 Å². The zero-order valence-corrected chi connectivity index (χ0v) is 13.8. The Labute approximate surface area is 138 Å². The maximum absolute atomic E-state index is 11.4. The number of hydrogen-bond acceptors (Lipinski definition) is 3. The van der Waals surface area contributed by atoms with Gasteiger partial charge in [-0.1, -0.05) is 38.3 Å². The quantitative estimate of drug-likeness (QED) is 0.580. The maximum Gasteiger partial charge on any atom is 0.303 e. The van der Waals surface area contributed by atoms with E-state index in [1.807, 2.05) is 24.3 Å². The number of hydrogen-bond donors (Lipinski definition) is 2. The van der Waals surface area contributed by atoms with Crippen molar-refractivity contribution in [3.8, 4) is 5.75 Å². The molecule has 1 amide bonds. The van der Waals surface area contributed by atoms with Crippen LogP contribution in [-0.4, -0.2) is 30.1 Å². The van der Waals surface area contributed by atoms with Crippen molar-refractivity contribution < 1.29 is 19.4 Å². The maximum atomic E-state index is 11.4. The van der Waals surface area contributed by atoms with Crippen molar-refractivity contribution in [3.05, 3.63) is 29.8 Å². The van der Waals surface area contributed by atoms with Crippen LogP contribution in [0.3, 0.4) is 0 Å². The van der Waals surface area contributed by atoms with Crippen LogP contribution in [0.2, 0.25) is 0 Å². The van der Waals surface area contributed by atoms with Crippen LogP contribution < -0.4 is 10.1 Å². The molecule has 0 aliphatic heterocycles. The first kappa shape index (κ1) is 19.0. The molecule has 0 unspecified atom stereocenters. The number of ether oxygens (including phenoxy) is 1. The van der Waals surface area contributed by atoms with E-state index in [2.05, 4.69) is 12.2 Å². The number of carboxylic acids is 1. The molecule has 0 heterocycles. The molecule has 0 fully saturated rings. The summed E-state index contributed by atoms with van der Waals surface area (Å²) in [5.41, 5.74) is 1.11. The summed E-state index contributed by atoms with van der Waals surface area (Å²) in [6.07, 6.45) is 5.38. The number of amides is 1. The van der Waals surface area contributed by atoms with Crippen molar-refractivity contribution in [2.45, 2.75) is 51.9 Å². The number of carbonyl (C=O) groups excluding carboxylic acids is 1. The largest absolute Gasteiger partial charge is 0.494 e. The van der Waals surface area contributed by atoms with Gasteiger partial charge in [-0.05, 0) is 30.5 Å².